The molecule has 7 heteroatoms. The zero-order valence-electron chi connectivity index (χ0n) is 12.8. The molecule has 2 heterocycles. The van der Waals surface area contributed by atoms with Crippen LogP contribution in [0.1, 0.15) is 12.0 Å². The van der Waals surface area contributed by atoms with Crippen molar-refractivity contribution < 1.29 is 23.8 Å². The van der Waals surface area contributed by atoms with Gasteiger partial charge in [-0.1, -0.05) is 28.1 Å². The Morgan fingerprint density at radius 1 is 1.30 bits per heavy atom. The fourth-order valence-electron chi connectivity index (χ4n) is 3.03. The van der Waals surface area contributed by atoms with Gasteiger partial charge in [-0.2, -0.15) is 0 Å². The number of carbonyl (C=O) groups is 2. The number of halogens is 1. The molecule has 1 aromatic carbocycles. The monoisotopic (exact) mass is 383 g/mol. The van der Waals surface area contributed by atoms with Crippen molar-refractivity contribution in [3.05, 3.63) is 34.3 Å². The molecule has 1 amide bonds. The number of ether oxygens (including phenoxy) is 3. The number of esters is 1. The molecular formula is C16H18BrNO5. The molecule has 2 saturated heterocycles. The lowest BCUT2D eigenvalue weighted by atomic mass is 10.1. The molecule has 3 rings (SSSR count). The van der Waals surface area contributed by atoms with Crippen LogP contribution >= 0.6 is 15.9 Å². The van der Waals surface area contributed by atoms with E-state index in [1.807, 2.05) is 24.3 Å². The van der Waals surface area contributed by atoms with Crippen LogP contribution < -0.4 is 0 Å². The zero-order chi connectivity index (χ0) is 16.4. The summed E-state index contributed by atoms with van der Waals surface area (Å²) in [6.45, 7) is 1.20. The second-order valence-electron chi connectivity index (χ2n) is 5.68. The Kier molecular flexibility index (Phi) is 4.70. The summed E-state index contributed by atoms with van der Waals surface area (Å²) in [6, 6.07) is 6.86. The van der Waals surface area contributed by atoms with Gasteiger partial charge in [-0.15, -0.1) is 0 Å². The maximum absolute atomic E-state index is 12.7. The molecule has 0 unspecified atom stereocenters. The minimum Gasteiger partial charge on any atom is -0.467 e. The highest BCUT2D eigenvalue weighted by Crippen LogP contribution is 2.35. The van der Waals surface area contributed by atoms with Gasteiger partial charge in [0.05, 0.1) is 33.3 Å². The average molecular weight is 384 g/mol. The quantitative estimate of drug-likeness (QED) is 0.740. The van der Waals surface area contributed by atoms with E-state index in [9.17, 15) is 9.59 Å². The van der Waals surface area contributed by atoms with Gasteiger partial charge < -0.3 is 19.1 Å². The maximum atomic E-state index is 12.7. The van der Waals surface area contributed by atoms with Crippen molar-refractivity contribution in [2.24, 2.45) is 0 Å². The van der Waals surface area contributed by atoms with E-state index in [-0.39, 0.29) is 18.9 Å². The summed E-state index contributed by atoms with van der Waals surface area (Å²) >= 11 is 3.37. The first-order chi connectivity index (χ1) is 11.0. The lowest BCUT2D eigenvalue weighted by Gasteiger charge is -2.23. The number of carbonyl (C=O) groups excluding carboxylic acids is 2. The van der Waals surface area contributed by atoms with Gasteiger partial charge in [0.2, 0.25) is 5.91 Å². The highest BCUT2D eigenvalue weighted by molar-refractivity contribution is 9.10. The molecule has 0 radical (unpaired) electrons. The molecule has 0 saturated carbocycles. The van der Waals surface area contributed by atoms with Gasteiger partial charge in [-0.05, 0) is 17.7 Å². The van der Waals surface area contributed by atoms with Crippen molar-refractivity contribution in [2.45, 2.75) is 24.7 Å². The number of rotatable bonds is 3. The third kappa shape index (κ3) is 3.41. The summed E-state index contributed by atoms with van der Waals surface area (Å²) in [4.78, 5) is 26.2. The highest BCUT2D eigenvalue weighted by atomic mass is 79.9. The number of amides is 1. The Hall–Kier alpha value is -1.44. The third-order valence-electron chi connectivity index (χ3n) is 4.17. The molecule has 1 atom stereocenters. The molecule has 2 aliphatic rings. The normalized spacial score (nSPS) is 22.5. The maximum Gasteiger partial charge on any atom is 0.328 e. The first-order valence-corrected chi connectivity index (χ1v) is 8.22. The van der Waals surface area contributed by atoms with Crippen molar-refractivity contribution >= 4 is 27.8 Å². The number of hydrogen-bond acceptors (Lipinski definition) is 5. The second-order valence-corrected chi connectivity index (χ2v) is 6.59. The van der Waals surface area contributed by atoms with Crippen molar-refractivity contribution in [1.82, 2.24) is 4.90 Å². The minimum absolute atomic E-state index is 0.140. The molecule has 0 N–H and O–H groups in total. The summed E-state index contributed by atoms with van der Waals surface area (Å²) in [5.41, 5.74) is 0.885. The molecule has 2 fully saturated rings. The average Bonchev–Trinajstić information content (AvgIpc) is 3.16. The number of hydrogen-bond donors (Lipinski definition) is 0. The molecule has 6 nitrogen and oxygen atoms in total. The second kappa shape index (κ2) is 6.59. The first-order valence-electron chi connectivity index (χ1n) is 7.43. The van der Waals surface area contributed by atoms with E-state index in [2.05, 4.69) is 15.9 Å². The van der Waals surface area contributed by atoms with Crippen LogP contribution in [-0.4, -0.2) is 55.5 Å². The van der Waals surface area contributed by atoms with Crippen LogP contribution in [0, 0.1) is 0 Å². The highest BCUT2D eigenvalue weighted by Gasteiger charge is 2.52. The largest absolute Gasteiger partial charge is 0.467 e. The molecule has 0 aromatic heterocycles. The van der Waals surface area contributed by atoms with E-state index in [4.69, 9.17) is 14.2 Å². The Labute approximate surface area is 142 Å². The van der Waals surface area contributed by atoms with E-state index in [0.29, 0.717) is 19.6 Å². The summed E-state index contributed by atoms with van der Waals surface area (Å²) < 4.78 is 17.1. The number of nitrogens with zero attached hydrogens (tertiary/aromatic N) is 1. The molecule has 1 spiro atoms. The summed E-state index contributed by atoms with van der Waals surface area (Å²) in [6.07, 6.45) is 0.530. The number of methoxy groups -OCH3 is 1. The third-order valence-corrected chi connectivity index (χ3v) is 4.70. The van der Waals surface area contributed by atoms with E-state index in [0.717, 1.165) is 10.0 Å². The van der Waals surface area contributed by atoms with Crippen LogP contribution in [-0.2, 0) is 30.2 Å². The fourth-order valence-corrected chi connectivity index (χ4v) is 3.30. The number of benzene rings is 1. The van der Waals surface area contributed by atoms with Gasteiger partial charge in [0.25, 0.3) is 0 Å². The fraction of sp³-hybridized carbons (Fsp3) is 0.500. The van der Waals surface area contributed by atoms with Crippen LogP contribution in [0.25, 0.3) is 0 Å². The minimum atomic E-state index is -0.867. The SMILES string of the molecule is COC(=O)[C@@H]1CC2(CN1C(=O)Cc1ccc(Br)cc1)OCCO2. The molecular weight excluding hydrogens is 366 g/mol. The summed E-state index contributed by atoms with van der Waals surface area (Å²) in [7, 11) is 1.32. The molecule has 2 aliphatic heterocycles. The van der Waals surface area contributed by atoms with E-state index >= 15 is 0 Å². The predicted molar refractivity (Wildman–Crippen MR) is 84.6 cm³/mol. The predicted octanol–water partition coefficient (Wildman–Crippen LogP) is 1.51. The molecule has 23 heavy (non-hydrogen) atoms. The smallest absolute Gasteiger partial charge is 0.328 e. The van der Waals surface area contributed by atoms with Crippen LogP contribution in [0.4, 0.5) is 0 Å². The lowest BCUT2D eigenvalue weighted by molar-refractivity contribution is -0.152. The van der Waals surface area contributed by atoms with Gasteiger partial charge in [-0.3, -0.25) is 4.79 Å². The van der Waals surface area contributed by atoms with Crippen LogP contribution in [0.3, 0.4) is 0 Å². The Bertz CT molecular complexity index is 597. The van der Waals surface area contributed by atoms with Crippen molar-refractivity contribution in [1.29, 1.82) is 0 Å². The molecule has 1 aromatic rings. The van der Waals surface area contributed by atoms with Gasteiger partial charge in [0.15, 0.2) is 5.79 Å². The standard InChI is InChI=1S/C16H18BrNO5/c1-21-15(20)13-9-16(22-6-7-23-16)10-18(13)14(19)8-11-2-4-12(17)5-3-11/h2-5,13H,6-10H2,1H3/t13-/m0/s1. The van der Waals surface area contributed by atoms with E-state index in [1.165, 1.54) is 12.0 Å². The molecule has 124 valence electrons. The molecule has 0 aliphatic carbocycles. The van der Waals surface area contributed by atoms with Gasteiger partial charge in [0.1, 0.15) is 6.04 Å². The van der Waals surface area contributed by atoms with Gasteiger partial charge in [-0.25, -0.2) is 4.79 Å². The van der Waals surface area contributed by atoms with Crippen molar-refractivity contribution in [3.8, 4) is 0 Å². The Balaban J connectivity index is 1.76. The zero-order valence-corrected chi connectivity index (χ0v) is 14.4. The van der Waals surface area contributed by atoms with E-state index in [1.54, 1.807) is 0 Å². The Morgan fingerprint density at radius 3 is 2.57 bits per heavy atom. The van der Waals surface area contributed by atoms with Crippen LogP contribution in [0.15, 0.2) is 28.7 Å². The van der Waals surface area contributed by atoms with Crippen LogP contribution in [0.2, 0.25) is 0 Å². The number of likely N-dealkylation sites (tertiary alicyclic amines) is 1. The topological polar surface area (TPSA) is 65.1 Å². The summed E-state index contributed by atoms with van der Waals surface area (Å²) in [5.74, 6) is -1.45. The van der Waals surface area contributed by atoms with Crippen LogP contribution in [0.5, 0.6) is 0 Å². The first kappa shape index (κ1) is 16.4. The van der Waals surface area contributed by atoms with Crippen molar-refractivity contribution in [2.75, 3.05) is 26.9 Å². The van der Waals surface area contributed by atoms with Gasteiger partial charge in [0, 0.05) is 10.9 Å². The Morgan fingerprint density at radius 2 is 1.96 bits per heavy atom. The summed E-state index contributed by atoms with van der Waals surface area (Å²) in [5, 5.41) is 0. The molecule has 0 bridgehead atoms. The van der Waals surface area contributed by atoms with Crippen molar-refractivity contribution in [3.63, 3.8) is 0 Å². The van der Waals surface area contributed by atoms with E-state index < -0.39 is 17.8 Å². The lowest BCUT2D eigenvalue weighted by Crippen LogP contribution is -2.42. The van der Waals surface area contributed by atoms with Gasteiger partial charge >= 0.3 is 5.97 Å².